The predicted molar refractivity (Wildman–Crippen MR) is 130 cm³/mol. The molecule has 188 valence electrons. The smallest absolute Gasteiger partial charge is 0.189 e. The number of aliphatic hydroxyl groups is 1. The van der Waals surface area contributed by atoms with Crippen LogP contribution in [0.15, 0.2) is 30.3 Å². The molecule has 0 aromatic heterocycles. The van der Waals surface area contributed by atoms with E-state index in [0.717, 1.165) is 11.3 Å². The van der Waals surface area contributed by atoms with E-state index in [1.54, 1.807) is 20.3 Å². The zero-order valence-corrected chi connectivity index (χ0v) is 21.0. The van der Waals surface area contributed by atoms with E-state index in [4.69, 9.17) is 28.4 Å². The summed E-state index contributed by atoms with van der Waals surface area (Å²) in [5.74, 6) is 1.77. The molecule has 1 aliphatic rings. The summed E-state index contributed by atoms with van der Waals surface area (Å²) in [5, 5.41) is 13.9. The first-order valence-corrected chi connectivity index (χ1v) is 11.4. The van der Waals surface area contributed by atoms with E-state index in [2.05, 4.69) is 25.2 Å². The second kappa shape index (κ2) is 11.8. The normalized spacial score (nSPS) is 16.7. The summed E-state index contributed by atoms with van der Waals surface area (Å²) in [5.41, 5.74) is 3.49. The molecule has 0 radical (unpaired) electrons. The number of hydrogen-bond donors (Lipinski definition) is 2. The van der Waals surface area contributed by atoms with Crippen LogP contribution in [-0.4, -0.2) is 58.6 Å². The van der Waals surface area contributed by atoms with Gasteiger partial charge in [-0.2, -0.15) is 0 Å². The Morgan fingerprint density at radius 3 is 2.41 bits per heavy atom. The molecule has 0 saturated carbocycles. The van der Waals surface area contributed by atoms with E-state index < -0.39 is 12.4 Å². The number of hydrogen-bond acceptors (Lipinski definition) is 8. The zero-order valence-electron chi connectivity index (χ0n) is 21.0. The van der Waals surface area contributed by atoms with Crippen molar-refractivity contribution in [2.45, 2.75) is 40.1 Å². The van der Waals surface area contributed by atoms with Gasteiger partial charge in [-0.1, -0.05) is 31.5 Å². The van der Waals surface area contributed by atoms with Crippen molar-refractivity contribution in [1.82, 2.24) is 0 Å². The van der Waals surface area contributed by atoms with Crippen LogP contribution in [0.4, 0.5) is 5.69 Å². The molecular weight excluding hydrogens is 438 g/mol. The van der Waals surface area contributed by atoms with Gasteiger partial charge in [0.2, 0.25) is 0 Å². The second-order valence-electron chi connectivity index (χ2n) is 9.34. The minimum Gasteiger partial charge on any atom is -0.493 e. The Hall–Kier alpha value is -2.52. The third-order valence-electron chi connectivity index (χ3n) is 5.48. The number of benzene rings is 2. The van der Waals surface area contributed by atoms with Crippen LogP contribution < -0.4 is 19.5 Å². The van der Waals surface area contributed by atoms with Gasteiger partial charge in [0, 0.05) is 24.8 Å². The molecule has 8 heteroatoms. The molecular formula is C26H37NO7. The van der Waals surface area contributed by atoms with Crippen LogP contribution in [0.25, 0.3) is 0 Å². The van der Waals surface area contributed by atoms with Crippen molar-refractivity contribution in [3.63, 3.8) is 0 Å². The summed E-state index contributed by atoms with van der Waals surface area (Å²) in [4.78, 5) is 0. The standard InChI is InChI=1S/C26H37NO7/c1-17-7-9-21(18(2)11-17)31-13-19(28)12-27-20-8-10-22(30-6)24(34-16-29-5)23(20)25-32-14-26(3,4)15-33-25/h7-11,19,25,27-28H,12-16H2,1-6H3/t19-/m1/s1. The van der Waals surface area contributed by atoms with Crippen LogP contribution in [0.2, 0.25) is 0 Å². The molecule has 0 spiro atoms. The molecule has 3 rings (SSSR count). The first-order valence-electron chi connectivity index (χ1n) is 11.4. The van der Waals surface area contributed by atoms with Gasteiger partial charge < -0.3 is 38.8 Å². The van der Waals surface area contributed by atoms with E-state index >= 15 is 0 Å². The molecule has 1 aliphatic heterocycles. The SMILES string of the molecule is COCOc1c(OC)ccc(NC[C@@H](O)COc2ccc(C)cc2C)c1C1OCC(C)(C)CO1. The maximum absolute atomic E-state index is 10.6. The molecule has 0 aliphatic carbocycles. The van der Waals surface area contributed by atoms with Crippen molar-refractivity contribution in [2.24, 2.45) is 5.41 Å². The molecule has 1 saturated heterocycles. The number of aliphatic hydroxyl groups excluding tert-OH is 1. The van der Waals surface area contributed by atoms with E-state index in [1.165, 1.54) is 5.56 Å². The molecule has 8 nitrogen and oxygen atoms in total. The fraction of sp³-hybridized carbons (Fsp3) is 0.538. The lowest BCUT2D eigenvalue weighted by molar-refractivity contribution is -0.226. The highest BCUT2D eigenvalue weighted by atomic mass is 16.7. The maximum atomic E-state index is 10.6. The molecule has 1 heterocycles. The van der Waals surface area contributed by atoms with Gasteiger partial charge in [0.25, 0.3) is 0 Å². The number of aryl methyl sites for hydroxylation is 2. The van der Waals surface area contributed by atoms with Crippen molar-refractivity contribution in [3.8, 4) is 17.2 Å². The van der Waals surface area contributed by atoms with Crippen molar-refractivity contribution >= 4 is 5.69 Å². The van der Waals surface area contributed by atoms with Crippen LogP contribution >= 0.6 is 0 Å². The number of anilines is 1. The van der Waals surface area contributed by atoms with Crippen LogP contribution in [-0.2, 0) is 14.2 Å². The average molecular weight is 476 g/mol. The highest BCUT2D eigenvalue weighted by Gasteiger charge is 2.33. The molecule has 2 aromatic rings. The summed E-state index contributed by atoms with van der Waals surface area (Å²) in [6.45, 7) is 9.71. The Kier molecular flexibility index (Phi) is 9.02. The average Bonchev–Trinajstić information content (AvgIpc) is 2.80. The molecule has 34 heavy (non-hydrogen) atoms. The van der Waals surface area contributed by atoms with Crippen LogP contribution in [0.1, 0.15) is 36.8 Å². The zero-order chi connectivity index (χ0) is 24.7. The lowest BCUT2D eigenvalue weighted by Crippen LogP contribution is -2.34. The summed E-state index contributed by atoms with van der Waals surface area (Å²) in [6.07, 6.45) is -1.40. The van der Waals surface area contributed by atoms with Crippen molar-refractivity contribution in [3.05, 3.63) is 47.0 Å². The van der Waals surface area contributed by atoms with E-state index in [9.17, 15) is 5.11 Å². The quantitative estimate of drug-likeness (QED) is 0.467. The third kappa shape index (κ3) is 6.76. The van der Waals surface area contributed by atoms with Gasteiger partial charge in [0.05, 0.1) is 25.9 Å². The molecule has 0 bridgehead atoms. The van der Waals surface area contributed by atoms with E-state index in [0.29, 0.717) is 36.0 Å². The highest BCUT2D eigenvalue weighted by molar-refractivity contribution is 5.63. The van der Waals surface area contributed by atoms with E-state index in [-0.39, 0.29) is 25.4 Å². The number of nitrogens with one attached hydrogen (secondary N) is 1. The highest BCUT2D eigenvalue weighted by Crippen LogP contribution is 2.44. The monoisotopic (exact) mass is 475 g/mol. The van der Waals surface area contributed by atoms with Gasteiger partial charge in [-0.25, -0.2) is 0 Å². The van der Waals surface area contributed by atoms with Crippen LogP contribution in [0.5, 0.6) is 17.2 Å². The molecule has 0 unspecified atom stereocenters. The predicted octanol–water partition coefficient (Wildman–Crippen LogP) is 4.22. The first-order chi connectivity index (χ1) is 16.2. The van der Waals surface area contributed by atoms with Gasteiger partial charge in [0.1, 0.15) is 18.5 Å². The number of methoxy groups -OCH3 is 2. The Bertz CT molecular complexity index is 937. The van der Waals surface area contributed by atoms with Gasteiger partial charge in [-0.15, -0.1) is 0 Å². The largest absolute Gasteiger partial charge is 0.493 e. The Balaban J connectivity index is 1.75. The summed E-state index contributed by atoms with van der Waals surface area (Å²) < 4.78 is 34.4. The summed E-state index contributed by atoms with van der Waals surface area (Å²) in [7, 11) is 3.13. The van der Waals surface area contributed by atoms with Gasteiger partial charge >= 0.3 is 0 Å². The minimum absolute atomic E-state index is 0.0391. The van der Waals surface area contributed by atoms with Gasteiger partial charge in [-0.05, 0) is 37.6 Å². The molecule has 2 N–H and O–H groups in total. The first kappa shape index (κ1) is 26.1. The Morgan fingerprint density at radius 2 is 1.76 bits per heavy atom. The maximum Gasteiger partial charge on any atom is 0.189 e. The third-order valence-corrected chi connectivity index (χ3v) is 5.48. The topological polar surface area (TPSA) is 87.6 Å². The Morgan fingerprint density at radius 1 is 1.06 bits per heavy atom. The molecule has 1 fully saturated rings. The van der Waals surface area contributed by atoms with Crippen molar-refractivity contribution < 1.29 is 33.5 Å². The molecule has 2 aromatic carbocycles. The lowest BCUT2D eigenvalue weighted by Gasteiger charge is -2.36. The Labute approximate surface area is 202 Å². The molecule has 0 amide bonds. The van der Waals surface area contributed by atoms with Crippen molar-refractivity contribution in [1.29, 1.82) is 0 Å². The lowest BCUT2D eigenvalue weighted by atomic mass is 9.95. The van der Waals surface area contributed by atoms with E-state index in [1.807, 2.05) is 32.0 Å². The van der Waals surface area contributed by atoms with Gasteiger partial charge in [-0.3, -0.25) is 0 Å². The van der Waals surface area contributed by atoms with Crippen LogP contribution in [0.3, 0.4) is 0 Å². The van der Waals surface area contributed by atoms with Crippen molar-refractivity contribution in [2.75, 3.05) is 52.7 Å². The summed E-state index contributed by atoms with van der Waals surface area (Å²) in [6, 6.07) is 9.62. The van der Waals surface area contributed by atoms with Crippen LogP contribution in [0, 0.1) is 19.3 Å². The minimum atomic E-state index is -0.744. The summed E-state index contributed by atoms with van der Waals surface area (Å²) >= 11 is 0. The fourth-order valence-corrected chi connectivity index (χ4v) is 3.69. The number of ether oxygens (including phenoxy) is 6. The van der Waals surface area contributed by atoms with Gasteiger partial charge in [0.15, 0.2) is 24.6 Å². The molecule has 1 atom stereocenters. The second-order valence-corrected chi connectivity index (χ2v) is 9.34. The fourth-order valence-electron chi connectivity index (χ4n) is 3.69. The number of rotatable bonds is 11.